The number of amides is 3. The van der Waals surface area contributed by atoms with E-state index >= 15 is 0 Å². The number of H-pyrrole nitrogens is 3. The van der Waals surface area contributed by atoms with E-state index in [2.05, 4.69) is 35.9 Å². The number of benzene rings is 2. The topological polar surface area (TPSA) is 211 Å². The molecule has 0 aliphatic carbocycles. The Bertz CT molecular complexity index is 1840. The number of fused-ring (bicyclic) bond motifs is 2. The molecule has 5 aromatic rings. The molecule has 0 spiro atoms. The zero-order chi connectivity index (χ0) is 33.5. The van der Waals surface area contributed by atoms with Crippen molar-refractivity contribution in [3.05, 3.63) is 90.3 Å². The number of carboxylic acid groups (broad SMARTS) is 1. The van der Waals surface area contributed by atoms with E-state index in [1.54, 1.807) is 18.6 Å². The van der Waals surface area contributed by atoms with Crippen molar-refractivity contribution in [3.63, 3.8) is 0 Å². The Hall–Kier alpha value is -5.43. The number of rotatable bonds is 15. The Kier molecular flexibility index (Phi) is 10.4. The van der Waals surface area contributed by atoms with E-state index in [1.807, 2.05) is 62.4 Å². The molecule has 0 aliphatic heterocycles. The van der Waals surface area contributed by atoms with Gasteiger partial charge >= 0.3 is 5.97 Å². The van der Waals surface area contributed by atoms with Gasteiger partial charge in [0.05, 0.1) is 12.4 Å². The lowest BCUT2D eigenvalue weighted by molar-refractivity contribution is -0.142. The Morgan fingerprint density at radius 3 is 1.83 bits per heavy atom. The number of hydrogen-bond donors (Lipinski definition) is 8. The van der Waals surface area contributed by atoms with Crippen molar-refractivity contribution < 1.29 is 24.3 Å². The fourth-order valence-corrected chi connectivity index (χ4v) is 5.70. The normalized spacial score (nSPS) is 14.0. The molecule has 0 saturated carbocycles. The van der Waals surface area contributed by atoms with Crippen molar-refractivity contribution in [2.45, 2.75) is 63.7 Å². The van der Waals surface area contributed by atoms with E-state index in [4.69, 9.17) is 5.73 Å². The third-order valence-corrected chi connectivity index (χ3v) is 8.12. The maximum absolute atomic E-state index is 13.9. The van der Waals surface area contributed by atoms with E-state index in [0.717, 1.165) is 32.9 Å². The number of nitrogens with zero attached hydrogens (tertiary/aromatic N) is 1. The van der Waals surface area contributed by atoms with E-state index in [0.29, 0.717) is 5.69 Å². The lowest BCUT2D eigenvalue weighted by Gasteiger charge is -2.26. The molecule has 3 amide bonds. The molecule has 13 nitrogen and oxygen atoms in total. The quantitative estimate of drug-likeness (QED) is 0.0855. The van der Waals surface area contributed by atoms with Crippen LogP contribution in [0, 0.1) is 5.92 Å². The van der Waals surface area contributed by atoms with Crippen LogP contribution in [0.4, 0.5) is 0 Å². The molecule has 4 unspecified atom stereocenters. The highest BCUT2D eigenvalue weighted by atomic mass is 16.4. The number of imidazole rings is 1. The van der Waals surface area contributed by atoms with Crippen LogP contribution in [-0.4, -0.2) is 72.9 Å². The van der Waals surface area contributed by atoms with Crippen molar-refractivity contribution in [1.82, 2.24) is 35.9 Å². The van der Waals surface area contributed by atoms with Gasteiger partial charge in [0.2, 0.25) is 17.7 Å². The first-order valence-corrected chi connectivity index (χ1v) is 15.6. The van der Waals surface area contributed by atoms with Crippen LogP contribution in [0.25, 0.3) is 21.8 Å². The van der Waals surface area contributed by atoms with Gasteiger partial charge in [-0.05, 0) is 35.6 Å². The average Bonchev–Trinajstić information content (AvgIpc) is 3.80. The van der Waals surface area contributed by atoms with Crippen molar-refractivity contribution in [2.75, 3.05) is 0 Å². The number of hydrogen-bond acceptors (Lipinski definition) is 6. The summed E-state index contributed by atoms with van der Waals surface area (Å²) >= 11 is 0. The van der Waals surface area contributed by atoms with Crippen LogP contribution < -0.4 is 21.7 Å². The molecular weight excluding hydrogens is 600 g/mol. The van der Waals surface area contributed by atoms with Gasteiger partial charge in [-0.3, -0.25) is 14.4 Å². The van der Waals surface area contributed by atoms with Gasteiger partial charge in [0, 0.05) is 65.4 Å². The van der Waals surface area contributed by atoms with Gasteiger partial charge < -0.3 is 41.7 Å². The number of carbonyl (C=O) groups is 4. The van der Waals surface area contributed by atoms with Gasteiger partial charge in [-0.25, -0.2) is 9.78 Å². The van der Waals surface area contributed by atoms with Crippen LogP contribution in [0.15, 0.2) is 73.4 Å². The minimum Gasteiger partial charge on any atom is -0.480 e. The highest BCUT2D eigenvalue weighted by Gasteiger charge is 2.32. The van der Waals surface area contributed by atoms with Crippen LogP contribution in [0.2, 0.25) is 0 Å². The lowest BCUT2D eigenvalue weighted by atomic mass is 9.99. The average molecular weight is 641 g/mol. The highest BCUT2D eigenvalue weighted by molar-refractivity contribution is 5.95. The molecular formula is C34H40N8O5. The molecule has 3 aromatic heterocycles. The van der Waals surface area contributed by atoms with E-state index in [1.165, 1.54) is 6.33 Å². The number of para-hydroxylation sites is 2. The van der Waals surface area contributed by atoms with Crippen LogP contribution in [-0.2, 0) is 38.4 Å². The number of aromatic nitrogens is 4. The Morgan fingerprint density at radius 1 is 0.745 bits per heavy atom. The third-order valence-electron chi connectivity index (χ3n) is 8.12. The number of aromatic amines is 3. The summed E-state index contributed by atoms with van der Waals surface area (Å²) in [7, 11) is 0. The first kappa shape index (κ1) is 32.9. The smallest absolute Gasteiger partial charge is 0.326 e. The number of nitrogens with two attached hydrogens (primary N) is 1. The Morgan fingerprint density at radius 2 is 1.28 bits per heavy atom. The van der Waals surface area contributed by atoms with Crippen LogP contribution in [0.1, 0.15) is 37.1 Å². The second kappa shape index (κ2) is 14.8. The molecule has 9 N–H and O–H groups in total. The van der Waals surface area contributed by atoms with Gasteiger partial charge in [-0.2, -0.15) is 0 Å². The molecule has 246 valence electrons. The van der Waals surface area contributed by atoms with Gasteiger partial charge in [0.1, 0.15) is 18.1 Å². The maximum atomic E-state index is 13.9. The number of aliphatic carboxylic acids is 1. The minimum atomic E-state index is -1.24. The Balaban J connectivity index is 1.34. The maximum Gasteiger partial charge on any atom is 0.326 e. The van der Waals surface area contributed by atoms with Crippen molar-refractivity contribution in [2.24, 2.45) is 11.7 Å². The molecule has 5 rings (SSSR count). The van der Waals surface area contributed by atoms with Gasteiger partial charge in [0.15, 0.2) is 0 Å². The second-order valence-corrected chi connectivity index (χ2v) is 12.2. The summed E-state index contributed by atoms with van der Waals surface area (Å²) in [4.78, 5) is 66.2. The molecule has 0 fully saturated rings. The summed E-state index contributed by atoms with van der Waals surface area (Å²) in [6.45, 7) is 3.79. The molecule has 4 atom stereocenters. The standard InChI is InChI=1S/C34H40N8O5/c1-19(2)11-28(32(44)42-30(34(46)47)13-21-16-38-27-10-6-4-8-24(21)27)41-33(45)29(12-20-15-37-26-9-5-3-7-23(20)26)40-31(43)25(35)14-22-17-36-18-39-22/h3-10,15-19,25,28-30,37-38H,11-14,35H2,1-2H3,(H,36,39)(H,40,43)(H,41,45)(H,42,44)(H,46,47). The van der Waals surface area contributed by atoms with Crippen LogP contribution in [0.3, 0.4) is 0 Å². The molecule has 0 bridgehead atoms. The number of nitrogens with one attached hydrogen (secondary N) is 6. The first-order valence-electron chi connectivity index (χ1n) is 15.6. The summed E-state index contributed by atoms with van der Waals surface area (Å²) in [5.41, 5.74) is 10.1. The van der Waals surface area contributed by atoms with E-state index < -0.39 is 47.9 Å². The van der Waals surface area contributed by atoms with Crippen molar-refractivity contribution in [3.8, 4) is 0 Å². The van der Waals surface area contributed by atoms with Crippen LogP contribution in [0.5, 0.6) is 0 Å². The molecule has 3 heterocycles. The molecule has 0 saturated heterocycles. The molecule has 0 aliphatic rings. The number of carboxylic acids is 1. The van der Waals surface area contributed by atoms with Gasteiger partial charge in [-0.1, -0.05) is 50.2 Å². The molecule has 0 radical (unpaired) electrons. The SMILES string of the molecule is CC(C)CC(NC(=O)C(Cc1c[nH]c2ccccc12)NC(=O)C(N)Cc1cnc[nH]1)C(=O)NC(Cc1c[nH]c2ccccc12)C(=O)O. The summed E-state index contributed by atoms with van der Waals surface area (Å²) in [5, 5.41) is 20.0. The minimum absolute atomic E-state index is 0.0209. The first-order chi connectivity index (χ1) is 22.6. The van der Waals surface area contributed by atoms with Crippen molar-refractivity contribution in [1.29, 1.82) is 0 Å². The van der Waals surface area contributed by atoms with Crippen LogP contribution >= 0.6 is 0 Å². The zero-order valence-corrected chi connectivity index (χ0v) is 26.2. The monoisotopic (exact) mass is 640 g/mol. The summed E-state index contributed by atoms with van der Waals surface area (Å²) < 4.78 is 0. The predicted octanol–water partition coefficient (Wildman–Crippen LogP) is 2.31. The van der Waals surface area contributed by atoms with Gasteiger partial charge in [-0.15, -0.1) is 0 Å². The second-order valence-electron chi connectivity index (χ2n) is 12.2. The van der Waals surface area contributed by atoms with Gasteiger partial charge in [0.25, 0.3) is 0 Å². The Labute approximate surface area is 271 Å². The largest absolute Gasteiger partial charge is 0.480 e. The predicted molar refractivity (Wildman–Crippen MR) is 177 cm³/mol. The number of carbonyl (C=O) groups excluding carboxylic acids is 3. The summed E-state index contributed by atoms with van der Waals surface area (Å²) in [5.74, 6) is -3.00. The fourth-order valence-electron chi connectivity index (χ4n) is 5.70. The van der Waals surface area contributed by atoms with E-state index in [9.17, 15) is 24.3 Å². The van der Waals surface area contributed by atoms with E-state index in [-0.39, 0.29) is 31.6 Å². The lowest BCUT2D eigenvalue weighted by Crippen LogP contribution is -2.58. The molecule has 2 aromatic carbocycles. The molecule has 47 heavy (non-hydrogen) atoms. The van der Waals surface area contributed by atoms with Crippen molar-refractivity contribution >= 4 is 45.5 Å². The third kappa shape index (κ3) is 8.24. The fraction of sp³-hybridized carbons (Fsp3) is 0.324. The highest BCUT2D eigenvalue weighted by Crippen LogP contribution is 2.21. The zero-order valence-electron chi connectivity index (χ0n) is 26.2. The summed E-state index contributed by atoms with van der Waals surface area (Å²) in [6.07, 6.45) is 7.15. The molecule has 13 heteroatoms. The summed E-state index contributed by atoms with van der Waals surface area (Å²) in [6, 6.07) is 10.7.